The summed E-state index contributed by atoms with van der Waals surface area (Å²) in [4.78, 5) is 18.7. The average Bonchev–Trinajstić information content (AvgIpc) is 2.81. The molecule has 0 radical (unpaired) electrons. The lowest BCUT2D eigenvalue weighted by Gasteiger charge is -2.41. The number of aliphatic carboxylic acids is 1. The van der Waals surface area contributed by atoms with Crippen molar-refractivity contribution in [2.24, 2.45) is 5.41 Å². The third-order valence-corrected chi connectivity index (χ3v) is 7.61. The molecule has 1 aliphatic heterocycles. The molecule has 1 aromatic carbocycles. The number of piperidine rings is 1. The molecule has 1 aromatic heterocycles. The van der Waals surface area contributed by atoms with Gasteiger partial charge in [-0.3, -0.25) is 9.78 Å². The Hall–Kier alpha value is -1.85. The Kier molecular flexibility index (Phi) is 9.81. The summed E-state index contributed by atoms with van der Waals surface area (Å²) in [6, 6.07) is 5.86. The number of carboxylic acid groups (broad SMARTS) is 1. The number of carboxylic acids is 1. The molecule has 0 atom stereocenters. The van der Waals surface area contributed by atoms with Crippen LogP contribution in [0.15, 0.2) is 24.4 Å². The van der Waals surface area contributed by atoms with Crippen molar-refractivity contribution in [3.8, 4) is 5.75 Å². The minimum Gasteiger partial charge on any atom is -0.497 e. The van der Waals surface area contributed by atoms with Gasteiger partial charge < -0.3 is 14.7 Å². The minimum atomic E-state index is -0.680. The molecule has 5 nitrogen and oxygen atoms in total. The largest absolute Gasteiger partial charge is 0.497 e. The number of aryl methyl sites for hydroxylation is 1. The molecule has 2 aromatic rings. The van der Waals surface area contributed by atoms with E-state index in [9.17, 15) is 9.90 Å². The summed E-state index contributed by atoms with van der Waals surface area (Å²) < 4.78 is 5.39. The van der Waals surface area contributed by atoms with Crippen molar-refractivity contribution < 1.29 is 14.6 Å². The zero-order chi connectivity index (χ0) is 23.7. The molecule has 0 bridgehead atoms. The molecule has 182 valence electrons. The van der Waals surface area contributed by atoms with E-state index < -0.39 is 5.97 Å². The van der Waals surface area contributed by atoms with Gasteiger partial charge in [-0.05, 0) is 87.3 Å². The summed E-state index contributed by atoms with van der Waals surface area (Å²) >= 11 is 6.53. The van der Waals surface area contributed by atoms with E-state index in [1.54, 1.807) is 13.3 Å². The second-order valence-corrected chi connectivity index (χ2v) is 10.1. The first-order valence-electron chi connectivity index (χ1n) is 12.5. The number of ether oxygens (including phenoxy) is 1. The van der Waals surface area contributed by atoms with E-state index >= 15 is 0 Å². The van der Waals surface area contributed by atoms with Crippen LogP contribution in [-0.2, 0) is 11.2 Å². The summed E-state index contributed by atoms with van der Waals surface area (Å²) in [6.45, 7) is 5.41. The SMILES string of the molecule is CCCCCCCN1CCC(CCCc2c(Cl)cnc3ccc(OC)cc23)(CC(=O)O)CC1. The zero-order valence-corrected chi connectivity index (χ0v) is 21.0. The van der Waals surface area contributed by atoms with Gasteiger partial charge in [0.25, 0.3) is 0 Å². The molecule has 1 aliphatic rings. The van der Waals surface area contributed by atoms with Crippen LogP contribution in [0, 0.1) is 5.41 Å². The van der Waals surface area contributed by atoms with Gasteiger partial charge in [0.1, 0.15) is 5.75 Å². The van der Waals surface area contributed by atoms with Crippen LogP contribution >= 0.6 is 11.6 Å². The number of methoxy groups -OCH3 is 1. The second-order valence-electron chi connectivity index (χ2n) is 9.65. The summed E-state index contributed by atoms with van der Waals surface area (Å²) in [6.07, 6.45) is 13.0. The van der Waals surface area contributed by atoms with Gasteiger partial charge in [-0.2, -0.15) is 0 Å². The second kappa shape index (κ2) is 12.6. The first-order valence-corrected chi connectivity index (χ1v) is 12.9. The Morgan fingerprint density at radius 1 is 1.18 bits per heavy atom. The summed E-state index contributed by atoms with van der Waals surface area (Å²) in [5.41, 5.74) is 1.87. The first kappa shape index (κ1) is 25.8. The lowest BCUT2D eigenvalue weighted by Crippen LogP contribution is -2.41. The number of halogens is 1. The van der Waals surface area contributed by atoms with E-state index in [-0.39, 0.29) is 11.8 Å². The molecule has 2 heterocycles. The maximum Gasteiger partial charge on any atom is 0.303 e. The number of fused-ring (bicyclic) bond motifs is 1. The van der Waals surface area contributed by atoms with Crippen LogP contribution < -0.4 is 4.74 Å². The molecule has 1 N–H and O–H groups in total. The molecule has 1 saturated heterocycles. The van der Waals surface area contributed by atoms with Gasteiger partial charge in [0.2, 0.25) is 0 Å². The van der Waals surface area contributed by atoms with Crippen LogP contribution in [0.1, 0.15) is 76.7 Å². The van der Waals surface area contributed by atoms with E-state index in [1.165, 1.54) is 32.1 Å². The van der Waals surface area contributed by atoms with E-state index in [0.717, 1.165) is 74.0 Å². The molecular formula is C27H39ClN2O3. The van der Waals surface area contributed by atoms with Crippen molar-refractivity contribution in [3.05, 3.63) is 35.0 Å². The fourth-order valence-electron chi connectivity index (χ4n) is 5.25. The normalized spacial score (nSPS) is 16.2. The van der Waals surface area contributed by atoms with Crippen LogP contribution in [-0.4, -0.2) is 47.7 Å². The lowest BCUT2D eigenvalue weighted by atomic mass is 9.72. The number of aromatic nitrogens is 1. The van der Waals surface area contributed by atoms with Gasteiger partial charge >= 0.3 is 5.97 Å². The molecule has 3 rings (SSSR count). The molecule has 1 fully saturated rings. The van der Waals surface area contributed by atoms with Gasteiger partial charge in [0.05, 0.1) is 24.1 Å². The Balaban J connectivity index is 1.60. The zero-order valence-electron chi connectivity index (χ0n) is 20.2. The molecule has 0 unspecified atom stereocenters. The highest BCUT2D eigenvalue weighted by molar-refractivity contribution is 6.32. The van der Waals surface area contributed by atoms with Crippen LogP contribution in [0.25, 0.3) is 10.9 Å². The van der Waals surface area contributed by atoms with Gasteiger partial charge in [-0.25, -0.2) is 0 Å². The van der Waals surface area contributed by atoms with Crippen molar-refractivity contribution in [2.75, 3.05) is 26.7 Å². The van der Waals surface area contributed by atoms with Crippen molar-refractivity contribution in [1.29, 1.82) is 0 Å². The molecular weight excluding hydrogens is 436 g/mol. The topological polar surface area (TPSA) is 62.7 Å². The summed E-state index contributed by atoms with van der Waals surface area (Å²) in [7, 11) is 1.66. The quantitative estimate of drug-likeness (QED) is 0.325. The van der Waals surface area contributed by atoms with Crippen LogP contribution in [0.4, 0.5) is 0 Å². The number of nitrogens with zero attached hydrogens (tertiary/aromatic N) is 2. The number of hydrogen-bond acceptors (Lipinski definition) is 4. The standard InChI is InChI=1S/C27H39ClN2O3/c1-3-4-5-6-7-15-30-16-13-27(14-17-30,19-26(31)32)12-8-9-22-23-18-21(33-2)10-11-25(23)29-20-24(22)28/h10-11,18,20H,3-9,12-17,19H2,1-2H3,(H,31,32). The van der Waals surface area contributed by atoms with E-state index in [2.05, 4.69) is 16.8 Å². The van der Waals surface area contributed by atoms with Crippen molar-refractivity contribution in [1.82, 2.24) is 9.88 Å². The molecule has 0 saturated carbocycles. The number of hydrogen-bond donors (Lipinski definition) is 1. The Bertz CT molecular complexity index is 910. The smallest absolute Gasteiger partial charge is 0.303 e. The highest BCUT2D eigenvalue weighted by Gasteiger charge is 2.36. The highest BCUT2D eigenvalue weighted by atomic mass is 35.5. The van der Waals surface area contributed by atoms with Gasteiger partial charge in [-0.15, -0.1) is 0 Å². The fourth-order valence-corrected chi connectivity index (χ4v) is 5.49. The Morgan fingerprint density at radius 3 is 2.64 bits per heavy atom. The highest BCUT2D eigenvalue weighted by Crippen LogP contribution is 2.40. The van der Waals surface area contributed by atoms with Gasteiger partial charge in [0.15, 0.2) is 0 Å². The van der Waals surface area contributed by atoms with E-state index in [4.69, 9.17) is 16.3 Å². The van der Waals surface area contributed by atoms with Crippen molar-refractivity contribution in [2.45, 2.75) is 77.6 Å². The average molecular weight is 475 g/mol. The number of benzene rings is 1. The van der Waals surface area contributed by atoms with Gasteiger partial charge in [0, 0.05) is 11.6 Å². The predicted octanol–water partition coefficient (Wildman–Crippen LogP) is 6.75. The Morgan fingerprint density at radius 2 is 1.94 bits per heavy atom. The third-order valence-electron chi connectivity index (χ3n) is 7.29. The molecule has 0 aliphatic carbocycles. The predicted molar refractivity (Wildman–Crippen MR) is 135 cm³/mol. The van der Waals surface area contributed by atoms with Crippen LogP contribution in [0.3, 0.4) is 0 Å². The van der Waals surface area contributed by atoms with Gasteiger partial charge in [-0.1, -0.05) is 44.2 Å². The molecule has 0 amide bonds. The number of pyridine rings is 1. The molecule has 33 heavy (non-hydrogen) atoms. The number of rotatable bonds is 13. The van der Waals surface area contributed by atoms with Crippen LogP contribution in [0.5, 0.6) is 5.75 Å². The number of unbranched alkanes of at least 4 members (excludes halogenated alkanes) is 4. The number of carbonyl (C=O) groups is 1. The van der Waals surface area contributed by atoms with Crippen LogP contribution in [0.2, 0.25) is 5.02 Å². The van der Waals surface area contributed by atoms with E-state index in [1.807, 2.05) is 18.2 Å². The summed E-state index contributed by atoms with van der Waals surface area (Å²) in [5.74, 6) is 0.109. The maximum absolute atomic E-state index is 11.7. The number of likely N-dealkylation sites (tertiary alicyclic amines) is 1. The van der Waals surface area contributed by atoms with E-state index in [0.29, 0.717) is 5.02 Å². The Labute approximate surface area is 203 Å². The monoisotopic (exact) mass is 474 g/mol. The summed E-state index contributed by atoms with van der Waals surface area (Å²) in [5, 5.41) is 11.3. The lowest BCUT2D eigenvalue weighted by molar-refractivity contribution is -0.140. The minimum absolute atomic E-state index is 0.114. The molecule has 6 heteroatoms. The van der Waals surface area contributed by atoms with Crippen molar-refractivity contribution >= 4 is 28.5 Å². The molecule has 0 spiro atoms. The first-order chi connectivity index (χ1) is 16.0. The van der Waals surface area contributed by atoms with Crippen molar-refractivity contribution in [3.63, 3.8) is 0 Å². The fraction of sp³-hybridized carbons (Fsp3) is 0.630. The maximum atomic E-state index is 11.7. The third kappa shape index (κ3) is 7.31.